The zero-order chi connectivity index (χ0) is 13.9. The fourth-order valence-electron chi connectivity index (χ4n) is 2.92. The van der Waals surface area contributed by atoms with Gasteiger partial charge in [0.15, 0.2) is 0 Å². The van der Waals surface area contributed by atoms with Crippen LogP contribution in [0.3, 0.4) is 0 Å². The summed E-state index contributed by atoms with van der Waals surface area (Å²) in [5.74, 6) is 2.55. The molecule has 0 aliphatic carbocycles. The fraction of sp³-hybridized carbons (Fsp3) is 0.500. The molecule has 0 amide bonds. The molecular weight excluding hydrogens is 248 g/mol. The van der Waals surface area contributed by atoms with Crippen LogP contribution in [0.25, 0.3) is 10.9 Å². The second kappa shape index (κ2) is 5.65. The molecule has 1 unspecified atom stereocenters. The summed E-state index contributed by atoms with van der Waals surface area (Å²) >= 11 is 0. The third kappa shape index (κ3) is 2.55. The van der Waals surface area contributed by atoms with Gasteiger partial charge in [0.05, 0.1) is 5.52 Å². The molecule has 0 saturated carbocycles. The third-order valence-electron chi connectivity index (χ3n) is 3.87. The first-order chi connectivity index (χ1) is 9.78. The number of nitrogens with one attached hydrogen (secondary N) is 1. The molecule has 1 fully saturated rings. The zero-order valence-corrected chi connectivity index (χ0v) is 12.3. The van der Waals surface area contributed by atoms with E-state index in [4.69, 9.17) is 4.98 Å². The van der Waals surface area contributed by atoms with Gasteiger partial charge in [-0.1, -0.05) is 19.1 Å². The molecule has 3 rings (SSSR count). The minimum atomic E-state index is 0.736. The van der Waals surface area contributed by atoms with Crippen molar-refractivity contribution in [2.24, 2.45) is 5.92 Å². The molecule has 4 heteroatoms. The third-order valence-corrected chi connectivity index (χ3v) is 3.87. The van der Waals surface area contributed by atoms with Crippen LogP contribution in [0, 0.1) is 5.92 Å². The fourth-order valence-corrected chi connectivity index (χ4v) is 2.92. The number of hydrogen-bond donors (Lipinski definition) is 1. The molecule has 106 valence electrons. The number of rotatable bonds is 3. The Bertz CT molecular complexity index is 596. The van der Waals surface area contributed by atoms with E-state index in [1.165, 1.54) is 12.8 Å². The van der Waals surface area contributed by atoms with Gasteiger partial charge < -0.3 is 10.2 Å². The minimum Gasteiger partial charge on any atom is -0.356 e. The molecule has 20 heavy (non-hydrogen) atoms. The van der Waals surface area contributed by atoms with Gasteiger partial charge in [0.25, 0.3) is 0 Å². The average molecular weight is 270 g/mol. The molecule has 4 nitrogen and oxygen atoms in total. The lowest BCUT2D eigenvalue weighted by molar-refractivity contribution is 0.445. The summed E-state index contributed by atoms with van der Waals surface area (Å²) in [4.78, 5) is 11.8. The molecule has 1 aliphatic heterocycles. The van der Waals surface area contributed by atoms with E-state index in [1.54, 1.807) is 0 Å². The van der Waals surface area contributed by atoms with Crippen LogP contribution in [0.4, 0.5) is 11.8 Å². The SMILES string of the molecule is CCNc1nc(N2CCCC(C)C2)c2ccccc2n1. The van der Waals surface area contributed by atoms with E-state index < -0.39 is 0 Å². The first-order valence-corrected chi connectivity index (χ1v) is 7.53. The van der Waals surface area contributed by atoms with Crippen molar-refractivity contribution in [2.75, 3.05) is 29.9 Å². The number of aromatic nitrogens is 2. The maximum atomic E-state index is 4.75. The van der Waals surface area contributed by atoms with Gasteiger partial charge in [0.1, 0.15) is 5.82 Å². The second-order valence-electron chi connectivity index (χ2n) is 5.61. The lowest BCUT2D eigenvalue weighted by atomic mass is 10.00. The second-order valence-corrected chi connectivity index (χ2v) is 5.61. The molecule has 1 aromatic carbocycles. The lowest BCUT2D eigenvalue weighted by Crippen LogP contribution is -2.35. The topological polar surface area (TPSA) is 41.1 Å². The van der Waals surface area contributed by atoms with Crippen LogP contribution >= 0.6 is 0 Å². The van der Waals surface area contributed by atoms with E-state index in [-0.39, 0.29) is 0 Å². The Balaban J connectivity index is 2.06. The largest absolute Gasteiger partial charge is 0.356 e. The van der Waals surface area contributed by atoms with Crippen molar-refractivity contribution in [3.8, 4) is 0 Å². The predicted octanol–water partition coefficient (Wildman–Crippen LogP) is 3.30. The number of para-hydroxylation sites is 1. The quantitative estimate of drug-likeness (QED) is 0.929. The highest BCUT2D eigenvalue weighted by atomic mass is 15.2. The summed E-state index contributed by atoms with van der Waals surface area (Å²) in [5.41, 5.74) is 1.02. The Morgan fingerprint density at radius 1 is 1.30 bits per heavy atom. The monoisotopic (exact) mass is 270 g/mol. The molecule has 1 aliphatic rings. The molecule has 2 heterocycles. The average Bonchev–Trinajstić information content (AvgIpc) is 2.47. The molecule has 1 saturated heterocycles. The summed E-state index contributed by atoms with van der Waals surface area (Å²) in [6.07, 6.45) is 2.57. The van der Waals surface area contributed by atoms with Crippen LogP contribution in [0.5, 0.6) is 0 Å². The van der Waals surface area contributed by atoms with Gasteiger partial charge in [-0.25, -0.2) is 4.98 Å². The van der Waals surface area contributed by atoms with Crippen molar-refractivity contribution >= 4 is 22.7 Å². The lowest BCUT2D eigenvalue weighted by Gasteiger charge is -2.32. The number of anilines is 2. The van der Waals surface area contributed by atoms with Crippen LogP contribution in [0.2, 0.25) is 0 Å². The minimum absolute atomic E-state index is 0.736. The Morgan fingerprint density at radius 2 is 2.15 bits per heavy atom. The number of nitrogens with zero attached hydrogens (tertiary/aromatic N) is 3. The van der Waals surface area contributed by atoms with Crippen molar-refractivity contribution in [1.82, 2.24) is 9.97 Å². The Kier molecular flexibility index (Phi) is 3.72. The molecule has 1 N–H and O–H groups in total. The Hall–Kier alpha value is -1.84. The molecule has 1 atom stereocenters. The van der Waals surface area contributed by atoms with Crippen molar-refractivity contribution in [3.63, 3.8) is 0 Å². The number of hydrogen-bond acceptors (Lipinski definition) is 4. The maximum absolute atomic E-state index is 4.75. The van der Waals surface area contributed by atoms with Crippen LogP contribution in [0.15, 0.2) is 24.3 Å². The van der Waals surface area contributed by atoms with Gasteiger partial charge in [-0.15, -0.1) is 0 Å². The highest BCUT2D eigenvalue weighted by molar-refractivity contribution is 5.90. The van der Waals surface area contributed by atoms with Gasteiger partial charge in [-0.2, -0.15) is 4.98 Å². The normalized spacial score (nSPS) is 19.3. The van der Waals surface area contributed by atoms with Crippen molar-refractivity contribution < 1.29 is 0 Å². The van der Waals surface area contributed by atoms with Crippen LogP contribution in [0.1, 0.15) is 26.7 Å². The van der Waals surface area contributed by atoms with Crippen LogP contribution < -0.4 is 10.2 Å². The maximum Gasteiger partial charge on any atom is 0.225 e. The molecule has 0 bridgehead atoms. The summed E-state index contributed by atoms with van der Waals surface area (Å²) in [7, 11) is 0. The highest BCUT2D eigenvalue weighted by Gasteiger charge is 2.20. The summed E-state index contributed by atoms with van der Waals surface area (Å²) in [6, 6.07) is 8.29. The summed E-state index contributed by atoms with van der Waals surface area (Å²) in [6.45, 7) is 7.42. The van der Waals surface area contributed by atoms with Crippen molar-refractivity contribution in [2.45, 2.75) is 26.7 Å². The molecule has 0 spiro atoms. The number of fused-ring (bicyclic) bond motifs is 1. The highest BCUT2D eigenvalue weighted by Crippen LogP contribution is 2.28. The Morgan fingerprint density at radius 3 is 2.95 bits per heavy atom. The zero-order valence-electron chi connectivity index (χ0n) is 12.3. The van der Waals surface area contributed by atoms with E-state index in [1.807, 2.05) is 6.07 Å². The van der Waals surface area contributed by atoms with Crippen molar-refractivity contribution in [1.29, 1.82) is 0 Å². The standard InChI is InChI=1S/C16H22N4/c1-3-17-16-18-14-9-5-4-8-13(14)15(19-16)20-10-6-7-12(2)11-20/h4-5,8-9,12H,3,6-7,10-11H2,1-2H3,(H,17,18,19). The molecule has 2 aromatic rings. The van der Waals surface area contributed by atoms with Crippen LogP contribution in [-0.4, -0.2) is 29.6 Å². The van der Waals surface area contributed by atoms with E-state index in [0.717, 1.165) is 48.2 Å². The van der Waals surface area contributed by atoms with E-state index >= 15 is 0 Å². The summed E-state index contributed by atoms with van der Waals surface area (Å²) < 4.78 is 0. The predicted molar refractivity (Wildman–Crippen MR) is 84.3 cm³/mol. The van der Waals surface area contributed by atoms with E-state index in [2.05, 4.69) is 47.2 Å². The molecular formula is C16H22N4. The van der Waals surface area contributed by atoms with Gasteiger partial charge >= 0.3 is 0 Å². The van der Waals surface area contributed by atoms with E-state index in [0.29, 0.717) is 0 Å². The van der Waals surface area contributed by atoms with Crippen LogP contribution in [-0.2, 0) is 0 Å². The van der Waals surface area contributed by atoms with Gasteiger partial charge in [0.2, 0.25) is 5.95 Å². The molecule has 1 aromatic heterocycles. The Labute approximate surface area is 120 Å². The smallest absolute Gasteiger partial charge is 0.225 e. The van der Waals surface area contributed by atoms with E-state index in [9.17, 15) is 0 Å². The number of piperidine rings is 1. The van der Waals surface area contributed by atoms with Gasteiger partial charge in [-0.3, -0.25) is 0 Å². The first kappa shape index (κ1) is 13.2. The number of benzene rings is 1. The van der Waals surface area contributed by atoms with Crippen molar-refractivity contribution in [3.05, 3.63) is 24.3 Å². The van der Waals surface area contributed by atoms with Gasteiger partial charge in [-0.05, 0) is 37.8 Å². The summed E-state index contributed by atoms with van der Waals surface area (Å²) in [5, 5.41) is 4.40. The first-order valence-electron chi connectivity index (χ1n) is 7.53. The molecule has 0 radical (unpaired) electrons. The van der Waals surface area contributed by atoms with Gasteiger partial charge in [0, 0.05) is 25.0 Å².